The van der Waals surface area contributed by atoms with Gasteiger partial charge in [0.05, 0.1) is 19.3 Å². The zero-order valence-electron chi connectivity index (χ0n) is 12.7. The van der Waals surface area contributed by atoms with Crippen molar-refractivity contribution in [3.05, 3.63) is 35.4 Å². The lowest BCUT2D eigenvalue weighted by Gasteiger charge is -2.25. The number of ether oxygens (including phenoxy) is 1. The molecule has 0 radical (unpaired) electrons. The SMILES string of the molecule is Cc1ccc(C2NCC(=O)N2CCOC2CCCC2)cc1. The van der Waals surface area contributed by atoms with Gasteiger partial charge in [0.25, 0.3) is 0 Å². The van der Waals surface area contributed by atoms with Gasteiger partial charge in [0, 0.05) is 6.54 Å². The third-order valence-corrected chi connectivity index (χ3v) is 4.46. The maximum atomic E-state index is 12.1. The van der Waals surface area contributed by atoms with Crippen molar-refractivity contribution in [1.82, 2.24) is 10.2 Å². The number of amides is 1. The summed E-state index contributed by atoms with van der Waals surface area (Å²) < 4.78 is 5.89. The molecule has 3 rings (SSSR count). The third-order valence-electron chi connectivity index (χ3n) is 4.46. The summed E-state index contributed by atoms with van der Waals surface area (Å²) in [5.41, 5.74) is 2.38. The second kappa shape index (κ2) is 6.58. The Hall–Kier alpha value is -1.39. The predicted molar refractivity (Wildman–Crippen MR) is 81.8 cm³/mol. The summed E-state index contributed by atoms with van der Waals surface area (Å²) in [6.45, 7) is 3.80. The zero-order valence-corrected chi connectivity index (χ0v) is 12.7. The number of hydrogen-bond donors (Lipinski definition) is 1. The fraction of sp³-hybridized carbons (Fsp3) is 0.588. The number of nitrogens with one attached hydrogen (secondary N) is 1. The Morgan fingerprint density at radius 1 is 1.24 bits per heavy atom. The number of carbonyl (C=O) groups excluding carboxylic acids is 1. The van der Waals surface area contributed by atoms with Gasteiger partial charge in [-0.2, -0.15) is 0 Å². The summed E-state index contributed by atoms with van der Waals surface area (Å²) >= 11 is 0. The molecule has 1 heterocycles. The van der Waals surface area contributed by atoms with Crippen LogP contribution in [-0.4, -0.2) is 36.6 Å². The molecule has 21 heavy (non-hydrogen) atoms. The molecule has 1 aliphatic heterocycles. The topological polar surface area (TPSA) is 41.6 Å². The molecule has 4 heteroatoms. The molecule has 1 N–H and O–H groups in total. The van der Waals surface area contributed by atoms with E-state index < -0.39 is 0 Å². The van der Waals surface area contributed by atoms with Crippen molar-refractivity contribution >= 4 is 5.91 Å². The van der Waals surface area contributed by atoms with Gasteiger partial charge in [0.15, 0.2) is 0 Å². The van der Waals surface area contributed by atoms with Gasteiger partial charge in [0.2, 0.25) is 5.91 Å². The molecule has 0 spiro atoms. The largest absolute Gasteiger partial charge is 0.376 e. The van der Waals surface area contributed by atoms with E-state index in [1.54, 1.807) is 0 Å². The van der Waals surface area contributed by atoms with Crippen molar-refractivity contribution in [2.45, 2.75) is 44.9 Å². The third kappa shape index (κ3) is 3.44. The lowest BCUT2D eigenvalue weighted by atomic mass is 10.1. The van der Waals surface area contributed by atoms with Crippen molar-refractivity contribution in [2.24, 2.45) is 0 Å². The molecule has 1 saturated carbocycles. The first kappa shape index (κ1) is 14.5. The van der Waals surface area contributed by atoms with Crippen molar-refractivity contribution in [3.8, 4) is 0 Å². The lowest BCUT2D eigenvalue weighted by molar-refractivity contribution is -0.129. The highest BCUT2D eigenvalue weighted by atomic mass is 16.5. The molecule has 1 aliphatic carbocycles. The van der Waals surface area contributed by atoms with E-state index >= 15 is 0 Å². The number of aryl methyl sites for hydroxylation is 1. The molecule has 0 bridgehead atoms. The molecule has 114 valence electrons. The Bertz CT molecular complexity index is 480. The first-order valence-electron chi connectivity index (χ1n) is 7.95. The Labute approximate surface area is 126 Å². The summed E-state index contributed by atoms with van der Waals surface area (Å²) in [5, 5.41) is 3.29. The van der Waals surface area contributed by atoms with Crippen LogP contribution in [0.3, 0.4) is 0 Å². The van der Waals surface area contributed by atoms with Gasteiger partial charge in [-0.3, -0.25) is 10.1 Å². The van der Waals surface area contributed by atoms with Gasteiger partial charge in [0.1, 0.15) is 6.17 Å². The summed E-state index contributed by atoms with van der Waals surface area (Å²) in [7, 11) is 0. The number of nitrogens with zero attached hydrogens (tertiary/aromatic N) is 1. The molecule has 1 aromatic rings. The molecule has 2 aliphatic rings. The number of carbonyl (C=O) groups is 1. The first-order valence-corrected chi connectivity index (χ1v) is 7.95. The summed E-state index contributed by atoms with van der Waals surface area (Å²) in [5.74, 6) is 0.163. The van der Waals surface area contributed by atoms with Crippen molar-refractivity contribution in [3.63, 3.8) is 0 Å². The highest BCUT2D eigenvalue weighted by molar-refractivity contribution is 5.80. The van der Waals surface area contributed by atoms with E-state index in [0.717, 1.165) is 5.56 Å². The molecule has 1 atom stereocenters. The average molecular weight is 288 g/mol. The van der Waals surface area contributed by atoms with Crippen LogP contribution in [0.25, 0.3) is 0 Å². The van der Waals surface area contributed by atoms with Gasteiger partial charge < -0.3 is 9.64 Å². The van der Waals surface area contributed by atoms with Crippen LogP contribution in [0.15, 0.2) is 24.3 Å². The zero-order chi connectivity index (χ0) is 14.7. The van der Waals surface area contributed by atoms with E-state index in [9.17, 15) is 4.79 Å². The lowest BCUT2D eigenvalue weighted by Crippen LogP contribution is -2.34. The second-order valence-corrected chi connectivity index (χ2v) is 6.06. The normalized spacial score (nSPS) is 23.2. The minimum atomic E-state index is -0.00900. The van der Waals surface area contributed by atoms with Crippen LogP contribution < -0.4 is 5.32 Å². The van der Waals surface area contributed by atoms with Crippen LogP contribution in [0.4, 0.5) is 0 Å². The molecular formula is C17H24N2O2. The fourth-order valence-electron chi connectivity index (χ4n) is 3.21. The van der Waals surface area contributed by atoms with Gasteiger partial charge in [-0.25, -0.2) is 0 Å². The molecule has 1 amide bonds. The van der Waals surface area contributed by atoms with Gasteiger partial charge >= 0.3 is 0 Å². The molecule has 1 aromatic carbocycles. The fourth-order valence-corrected chi connectivity index (χ4v) is 3.21. The molecule has 2 fully saturated rings. The standard InChI is InChI=1S/C17H24N2O2/c1-13-6-8-14(9-7-13)17-18-12-16(20)19(17)10-11-21-15-4-2-3-5-15/h6-9,15,17-18H,2-5,10-12H2,1H3. The van der Waals surface area contributed by atoms with Crippen LogP contribution in [0.5, 0.6) is 0 Å². The summed E-state index contributed by atoms with van der Waals surface area (Å²) in [6.07, 6.45) is 5.31. The molecule has 0 aromatic heterocycles. The minimum Gasteiger partial charge on any atom is -0.376 e. The first-order chi connectivity index (χ1) is 10.2. The summed E-state index contributed by atoms with van der Waals surface area (Å²) in [6, 6.07) is 8.37. The van der Waals surface area contributed by atoms with Crippen molar-refractivity contribution in [1.29, 1.82) is 0 Å². The number of hydrogen-bond acceptors (Lipinski definition) is 3. The predicted octanol–water partition coefficient (Wildman–Crippen LogP) is 2.38. The summed E-state index contributed by atoms with van der Waals surface area (Å²) in [4.78, 5) is 14.0. The highest BCUT2D eigenvalue weighted by Gasteiger charge is 2.31. The second-order valence-electron chi connectivity index (χ2n) is 6.06. The maximum Gasteiger partial charge on any atom is 0.238 e. The smallest absolute Gasteiger partial charge is 0.238 e. The Kier molecular flexibility index (Phi) is 4.56. The maximum absolute atomic E-state index is 12.1. The highest BCUT2D eigenvalue weighted by Crippen LogP contribution is 2.24. The molecule has 1 unspecified atom stereocenters. The van der Waals surface area contributed by atoms with Crippen LogP contribution in [0, 0.1) is 6.92 Å². The molecule has 4 nitrogen and oxygen atoms in total. The van der Waals surface area contributed by atoms with Gasteiger partial charge in [-0.1, -0.05) is 42.7 Å². The van der Waals surface area contributed by atoms with E-state index in [2.05, 4.69) is 36.5 Å². The average Bonchev–Trinajstić information content (AvgIpc) is 3.11. The van der Waals surface area contributed by atoms with Crippen LogP contribution in [-0.2, 0) is 9.53 Å². The van der Waals surface area contributed by atoms with Crippen LogP contribution in [0.1, 0.15) is 43.0 Å². The molecule has 1 saturated heterocycles. The minimum absolute atomic E-state index is 0.00900. The Balaban J connectivity index is 1.58. The van der Waals surface area contributed by atoms with Crippen molar-refractivity contribution in [2.75, 3.05) is 19.7 Å². The van der Waals surface area contributed by atoms with E-state index in [-0.39, 0.29) is 12.1 Å². The van der Waals surface area contributed by atoms with E-state index in [4.69, 9.17) is 4.74 Å². The van der Waals surface area contributed by atoms with Crippen LogP contribution in [0.2, 0.25) is 0 Å². The van der Waals surface area contributed by atoms with E-state index in [0.29, 0.717) is 25.8 Å². The van der Waals surface area contributed by atoms with Gasteiger partial charge in [-0.15, -0.1) is 0 Å². The molecular weight excluding hydrogens is 264 g/mol. The Morgan fingerprint density at radius 3 is 2.67 bits per heavy atom. The van der Waals surface area contributed by atoms with Gasteiger partial charge in [-0.05, 0) is 25.3 Å². The van der Waals surface area contributed by atoms with E-state index in [1.165, 1.54) is 31.2 Å². The number of benzene rings is 1. The van der Waals surface area contributed by atoms with E-state index in [1.807, 2.05) is 4.90 Å². The van der Waals surface area contributed by atoms with Crippen molar-refractivity contribution < 1.29 is 9.53 Å². The quantitative estimate of drug-likeness (QED) is 0.904. The Morgan fingerprint density at radius 2 is 1.95 bits per heavy atom. The van der Waals surface area contributed by atoms with Crippen LogP contribution >= 0.6 is 0 Å². The monoisotopic (exact) mass is 288 g/mol. The number of rotatable bonds is 5.